The fraction of sp³-hybridized carbons (Fsp3) is 0.0667. The summed E-state index contributed by atoms with van der Waals surface area (Å²) in [6, 6.07) is 7.48. The molecule has 0 amide bonds. The Morgan fingerprint density at radius 3 is 1.75 bits per heavy atom. The van der Waals surface area contributed by atoms with Crippen LogP contribution in [0.1, 0.15) is 22.8 Å². The monoisotopic (exact) mass is 312 g/mol. The second-order valence-corrected chi connectivity index (χ2v) is 2.77. The molecular weight excluding hydrogens is 300 g/mol. The van der Waals surface area contributed by atoms with Crippen molar-refractivity contribution in [2.24, 2.45) is 0 Å². The van der Waals surface area contributed by atoms with Gasteiger partial charge in [-0.3, -0.25) is 4.79 Å². The number of rotatable bonds is 4. The van der Waals surface area contributed by atoms with Gasteiger partial charge in [0.15, 0.2) is 5.78 Å². The molecule has 5 heteroatoms. The molecule has 104 valence electrons. The van der Waals surface area contributed by atoms with E-state index in [1.165, 1.54) is 0 Å². The van der Waals surface area contributed by atoms with E-state index in [1.54, 1.807) is 13.3 Å². The number of hydrogen-bond acceptors (Lipinski definition) is 1. The fourth-order valence-electron chi connectivity index (χ4n) is 1.01. The van der Waals surface area contributed by atoms with Crippen LogP contribution in [-0.4, -0.2) is 5.78 Å². The molecule has 0 N–H and O–H groups in total. The number of unbranched alkanes of at least 4 members (excludes halogenated alkanes) is 1. The average Bonchev–Trinajstić information content (AvgIpc) is 2.51. The van der Waals surface area contributed by atoms with Gasteiger partial charge in [-0.2, -0.15) is 0 Å². The Balaban J connectivity index is -0.000000162. The minimum Gasteiger partial charge on any atom is -0.295 e. The molecule has 1 rings (SSSR count). The van der Waals surface area contributed by atoms with Crippen molar-refractivity contribution in [2.75, 3.05) is 0 Å². The molecule has 0 aliphatic rings. The molecule has 0 aromatic heterocycles. The number of ketones is 1. The zero-order valence-corrected chi connectivity index (χ0v) is 11.8. The molecular formula is C15H12FeO4. The van der Waals surface area contributed by atoms with Gasteiger partial charge in [-0.1, -0.05) is 24.3 Å². The molecule has 4 radical (unpaired) electrons. The van der Waals surface area contributed by atoms with E-state index in [2.05, 4.69) is 26.9 Å². The van der Waals surface area contributed by atoms with E-state index in [9.17, 15) is 4.79 Å². The first-order chi connectivity index (χ1) is 9.24. The van der Waals surface area contributed by atoms with Gasteiger partial charge in [0.1, 0.15) is 0 Å². The zero-order chi connectivity index (χ0) is 15.7. The van der Waals surface area contributed by atoms with Crippen molar-refractivity contribution in [2.45, 2.75) is 6.92 Å². The SMILES string of the molecule is [C-]#[O+].[C-]#[O+].[C-]#[O+].[CH2][CH][CH][CH]c1ccc(C(C)=O)cc1.[Fe]. The molecule has 0 saturated heterocycles. The Labute approximate surface area is 130 Å². The predicted molar refractivity (Wildman–Crippen MR) is 65.6 cm³/mol. The van der Waals surface area contributed by atoms with Gasteiger partial charge in [0.2, 0.25) is 0 Å². The van der Waals surface area contributed by atoms with E-state index in [0.29, 0.717) is 0 Å². The summed E-state index contributed by atoms with van der Waals surface area (Å²) in [5.74, 6) is 0.0965. The van der Waals surface area contributed by atoms with E-state index >= 15 is 0 Å². The van der Waals surface area contributed by atoms with E-state index in [0.717, 1.165) is 11.1 Å². The number of hydrogen-bond donors (Lipinski definition) is 0. The number of benzene rings is 1. The van der Waals surface area contributed by atoms with E-state index in [1.807, 2.05) is 37.1 Å². The summed E-state index contributed by atoms with van der Waals surface area (Å²) in [6.07, 6.45) is 5.53. The minimum absolute atomic E-state index is 0. The van der Waals surface area contributed by atoms with E-state index < -0.39 is 0 Å². The molecule has 1 aromatic rings. The van der Waals surface area contributed by atoms with Gasteiger partial charge in [-0.15, -0.1) is 0 Å². The number of Topliss-reactive ketones (excluding diaryl/α,β-unsaturated/α-hetero) is 1. The van der Waals surface area contributed by atoms with Crippen LogP contribution in [0.5, 0.6) is 0 Å². The molecule has 0 spiro atoms. The van der Waals surface area contributed by atoms with Gasteiger partial charge in [0, 0.05) is 22.6 Å². The molecule has 0 fully saturated rings. The second-order valence-electron chi connectivity index (χ2n) is 2.77. The molecule has 0 aliphatic heterocycles. The van der Waals surface area contributed by atoms with Crippen LogP contribution in [0.15, 0.2) is 24.3 Å². The van der Waals surface area contributed by atoms with Crippen LogP contribution in [0, 0.1) is 46.1 Å². The standard InChI is InChI=1S/C12H12O.3CO.Fe/c1-3-4-5-11-6-8-12(9-7-11)10(2)13;3*1-2;/h3-9H,1H2,2H3;;;;. The number of carbonyl (C=O) groups excluding carboxylic acids is 1. The maximum absolute atomic E-state index is 10.9. The van der Waals surface area contributed by atoms with Crippen LogP contribution in [-0.2, 0) is 31.0 Å². The Kier molecular flexibility index (Phi) is 30.8. The molecule has 4 nitrogen and oxygen atoms in total. The van der Waals surface area contributed by atoms with E-state index in [4.69, 9.17) is 14.0 Å². The van der Waals surface area contributed by atoms with Gasteiger partial charge >= 0.3 is 33.9 Å². The normalized spacial score (nSPS) is 6.80. The first kappa shape index (κ1) is 27.1. The maximum Gasteiger partial charge on any atom is 0.159 e. The molecule has 1 aromatic carbocycles. The van der Waals surface area contributed by atoms with Gasteiger partial charge < -0.3 is 0 Å². The molecule has 0 unspecified atom stereocenters. The largest absolute Gasteiger partial charge is 0.295 e. The quantitative estimate of drug-likeness (QED) is 0.364. The summed E-state index contributed by atoms with van der Waals surface area (Å²) >= 11 is 0. The maximum atomic E-state index is 10.9. The fourth-order valence-corrected chi connectivity index (χ4v) is 1.01. The smallest absolute Gasteiger partial charge is 0.159 e. The molecule has 0 bridgehead atoms. The summed E-state index contributed by atoms with van der Waals surface area (Å²) in [5, 5.41) is 0. The third-order valence-electron chi connectivity index (χ3n) is 1.74. The third-order valence-corrected chi connectivity index (χ3v) is 1.74. The molecule has 0 saturated carbocycles. The summed E-state index contributed by atoms with van der Waals surface area (Å²) < 4.78 is 22.5. The van der Waals surface area contributed by atoms with E-state index in [-0.39, 0.29) is 22.9 Å². The van der Waals surface area contributed by atoms with Crippen molar-refractivity contribution in [1.29, 1.82) is 0 Å². The summed E-state index contributed by atoms with van der Waals surface area (Å²) in [5.41, 5.74) is 1.82. The third kappa shape index (κ3) is 14.7. The summed E-state index contributed by atoms with van der Waals surface area (Å²) in [6.45, 7) is 18.6. The summed E-state index contributed by atoms with van der Waals surface area (Å²) in [7, 11) is 0. The van der Waals surface area contributed by atoms with Crippen LogP contribution in [0.25, 0.3) is 0 Å². The molecule has 0 heterocycles. The van der Waals surface area contributed by atoms with Gasteiger partial charge in [0.25, 0.3) is 0 Å². The van der Waals surface area contributed by atoms with Crippen molar-refractivity contribution in [3.8, 4) is 0 Å². The van der Waals surface area contributed by atoms with Gasteiger partial charge in [-0.25, -0.2) is 0 Å². The van der Waals surface area contributed by atoms with Crippen molar-refractivity contribution in [1.82, 2.24) is 0 Å². The first-order valence-electron chi connectivity index (χ1n) is 4.75. The first-order valence-corrected chi connectivity index (χ1v) is 4.75. The van der Waals surface area contributed by atoms with Crippen LogP contribution in [0.4, 0.5) is 0 Å². The molecule has 20 heavy (non-hydrogen) atoms. The van der Waals surface area contributed by atoms with Crippen LogP contribution < -0.4 is 0 Å². The Hall–Kier alpha value is -1.37. The second kappa shape index (κ2) is 22.8. The zero-order valence-electron chi connectivity index (χ0n) is 10.7. The van der Waals surface area contributed by atoms with Crippen molar-refractivity contribution in [3.63, 3.8) is 0 Å². The van der Waals surface area contributed by atoms with Gasteiger partial charge in [0.05, 0.1) is 0 Å². The minimum atomic E-state index is 0. The Morgan fingerprint density at radius 1 is 1.05 bits per heavy atom. The van der Waals surface area contributed by atoms with Crippen molar-refractivity contribution in [3.05, 3.63) is 81.5 Å². The predicted octanol–water partition coefficient (Wildman–Crippen LogP) is 2.57. The Bertz CT molecular complexity index is 376. The van der Waals surface area contributed by atoms with Crippen LogP contribution >= 0.6 is 0 Å². The topological polar surface area (TPSA) is 76.8 Å². The van der Waals surface area contributed by atoms with Crippen LogP contribution in [0.3, 0.4) is 0 Å². The number of carbonyl (C=O) groups is 1. The van der Waals surface area contributed by atoms with Crippen molar-refractivity contribution >= 4 is 5.78 Å². The molecule has 0 atom stereocenters. The van der Waals surface area contributed by atoms with Crippen LogP contribution in [0.2, 0.25) is 0 Å². The molecule has 0 aliphatic carbocycles. The van der Waals surface area contributed by atoms with Crippen molar-refractivity contribution < 1.29 is 35.8 Å². The Morgan fingerprint density at radius 2 is 1.45 bits per heavy atom. The average molecular weight is 312 g/mol. The van der Waals surface area contributed by atoms with Gasteiger partial charge in [-0.05, 0) is 38.7 Å². The summed E-state index contributed by atoms with van der Waals surface area (Å²) in [4.78, 5) is 10.9.